The van der Waals surface area contributed by atoms with Gasteiger partial charge in [-0.05, 0) is 20.8 Å². The van der Waals surface area contributed by atoms with Crippen molar-refractivity contribution in [2.24, 2.45) is 5.73 Å². The highest BCUT2D eigenvalue weighted by Gasteiger charge is 2.32. The van der Waals surface area contributed by atoms with Gasteiger partial charge in [0.05, 0.1) is 6.04 Å². The second-order valence-corrected chi connectivity index (χ2v) is 2.29. The maximum absolute atomic E-state index is 9.52. The number of hydrogen-bond donors (Lipinski definition) is 2. The lowest BCUT2D eigenvalue weighted by Crippen LogP contribution is -2.50. The van der Waals surface area contributed by atoms with Crippen molar-refractivity contribution < 1.29 is 14.6 Å². The summed E-state index contributed by atoms with van der Waals surface area (Å²) in [5, 5.41) is 9.52. The highest BCUT2D eigenvalue weighted by atomic mass is 16.8. The summed E-state index contributed by atoms with van der Waals surface area (Å²) in [6, 6.07) is -0.553. The molecule has 0 aliphatic heterocycles. The third-order valence-electron chi connectivity index (χ3n) is 1.28. The van der Waals surface area contributed by atoms with Crippen LogP contribution in [0, 0.1) is 0 Å². The first-order valence-electron chi connectivity index (χ1n) is 3.82. The summed E-state index contributed by atoms with van der Waals surface area (Å²) >= 11 is 0. The highest BCUT2D eigenvalue weighted by Crippen LogP contribution is 2.12. The van der Waals surface area contributed by atoms with Crippen LogP contribution < -0.4 is 5.73 Å². The second kappa shape index (κ2) is 4.66. The Balaban J connectivity index is 4.01. The van der Waals surface area contributed by atoms with Crippen molar-refractivity contribution in [3.05, 3.63) is 0 Å². The number of hydrogen-bond acceptors (Lipinski definition) is 4. The van der Waals surface area contributed by atoms with Crippen LogP contribution >= 0.6 is 0 Å². The molecule has 0 aliphatic carbocycles. The molecule has 0 bridgehead atoms. The quantitative estimate of drug-likeness (QED) is 0.562. The van der Waals surface area contributed by atoms with Gasteiger partial charge in [0.25, 0.3) is 5.97 Å². The van der Waals surface area contributed by atoms with E-state index in [1.165, 1.54) is 0 Å². The Morgan fingerprint density at radius 2 is 1.73 bits per heavy atom. The normalized spacial score (nSPS) is 15.0. The van der Waals surface area contributed by atoms with Gasteiger partial charge in [-0.2, -0.15) is 0 Å². The minimum Gasteiger partial charge on any atom is -0.342 e. The van der Waals surface area contributed by atoms with Crippen molar-refractivity contribution in [1.29, 1.82) is 0 Å². The van der Waals surface area contributed by atoms with Crippen molar-refractivity contribution in [3.63, 3.8) is 0 Å². The molecule has 3 N–H and O–H groups in total. The molecule has 4 heteroatoms. The largest absolute Gasteiger partial charge is 0.342 e. The average Bonchev–Trinajstić information content (AvgIpc) is 1.88. The molecule has 11 heavy (non-hydrogen) atoms. The summed E-state index contributed by atoms with van der Waals surface area (Å²) in [7, 11) is 0. The van der Waals surface area contributed by atoms with Crippen LogP contribution in [0.2, 0.25) is 0 Å². The lowest BCUT2D eigenvalue weighted by Gasteiger charge is -2.30. The van der Waals surface area contributed by atoms with E-state index in [9.17, 15) is 5.11 Å². The van der Waals surface area contributed by atoms with Crippen molar-refractivity contribution in [2.45, 2.75) is 32.8 Å². The summed E-state index contributed by atoms with van der Waals surface area (Å²) in [4.78, 5) is 0. The molecule has 4 nitrogen and oxygen atoms in total. The van der Waals surface area contributed by atoms with E-state index < -0.39 is 12.0 Å². The topological polar surface area (TPSA) is 64.7 Å². The predicted molar refractivity (Wildman–Crippen MR) is 41.9 cm³/mol. The van der Waals surface area contributed by atoms with E-state index >= 15 is 0 Å². The Labute approximate surface area is 67.3 Å². The van der Waals surface area contributed by atoms with E-state index in [1.54, 1.807) is 20.8 Å². The monoisotopic (exact) mass is 163 g/mol. The fourth-order valence-corrected chi connectivity index (χ4v) is 0.718. The number of rotatable bonds is 5. The van der Waals surface area contributed by atoms with Crippen LogP contribution in [0.25, 0.3) is 0 Å². The summed E-state index contributed by atoms with van der Waals surface area (Å²) in [6.45, 7) is 5.92. The number of ether oxygens (including phenoxy) is 2. The maximum Gasteiger partial charge on any atom is 0.296 e. The molecule has 0 aromatic carbocycles. The van der Waals surface area contributed by atoms with Gasteiger partial charge < -0.3 is 20.3 Å². The van der Waals surface area contributed by atoms with Gasteiger partial charge in [0.2, 0.25) is 0 Å². The van der Waals surface area contributed by atoms with Gasteiger partial charge in [0, 0.05) is 13.2 Å². The lowest BCUT2D eigenvalue weighted by molar-refractivity contribution is -0.365. The molecular formula is C7H17NO3. The summed E-state index contributed by atoms with van der Waals surface area (Å²) in [5.41, 5.74) is 5.44. The van der Waals surface area contributed by atoms with E-state index in [1.807, 2.05) is 0 Å². The molecule has 0 aromatic heterocycles. The average molecular weight is 163 g/mol. The van der Waals surface area contributed by atoms with Gasteiger partial charge in [-0.1, -0.05) is 0 Å². The van der Waals surface area contributed by atoms with Crippen molar-refractivity contribution >= 4 is 0 Å². The highest BCUT2D eigenvalue weighted by molar-refractivity contribution is 4.66. The molecule has 0 fully saturated rings. The first kappa shape index (κ1) is 10.8. The third-order valence-corrected chi connectivity index (χ3v) is 1.28. The standard InChI is InChI=1S/C7H17NO3/c1-4-10-7(9,6(3)8)11-5-2/h6,9H,4-5,8H2,1-3H3/t6-/m1/s1. The van der Waals surface area contributed by atoms with Crippen LogP contribution in [-0.2, 0) is 9.47 Å². The van der Waals surface area contributed by atoms with Crippen molar-refractivity contribution in [3.8, 4) is 0 Å². The van der Waals surface area contributed by atoms with Crippen LogP contribution in [0.1, 0.15) is 20.8 Å². The molecule has 1 atom stereocenters. The Kier molecular flexibility index (Phi) is 4.60. The molecule has 0 heterocycles. The minimum absolute atomic E-state index is 0.373. The molecule has 68 valence electrons. The molecule has 0 aromatic rings. The molecule has 0 amide bonds. The lowest BCUT2D eigenvalue weighted by atomic mass is 10.3. The molecular weight excluding hydrogens is 146 g/mol. The number of aliphatic hydroxyl groups is 1. The van der Waals surface area contributed by atoms with Crippen LogP contribution in [0.15, 0.2) is 0 Å². The van der Waals surface area contributed by atoms with E-state index in [2.05, 4.69) is 0 Å². The smallest absolute Gasteiger partial charge is 0.296 e. The minimum atomic E-state index is -1.62. The molecule has 0 saturated heterocycles. The Bertz CT molecular complexity index is 99.9. The number of nitrogens with two attached hydrogens (primary N) is 1. The van der Waals surface area contributed by atoms with Crippen LogP contribution in [-0.4, -0.2) is 30.3 Å². The van der Waals surface area contributed by atoms with Crippen LogP contribution in [0.5, 0.6) is 0 Å². The zero-order valence-electron chi connectivity index (χ0n) is 7.33. The third kappa shape index (κ3) is 3.16. The van der Waals surface area contributed by atoms with Gasteiger partial charge in [-0.15, -0.1) is 0 Å². The predicted octanol–water partition coefficient (Wildman–Crippen LogP) is 0.0527. The molecule has 0 aliphatic rings. The fourth-order valence-electron chi connectivity index (χ4n) is 0.718. The van der Waals surface area contributed by atoms with Crippen molar-refractivity contribution in [2.75, 3.05) is 13.2 Å². The van der Waals surface area contributed by atoms with E-state index in [4.69, 9.17) is 15.2 Å². The van der Waals surface area contributed by atoms with Gasteiger partial charge >= 0.3 is 0 Å². The molecule has 0 saturated carbocycles. The first-order chi connectivity index (χ1) is 5.06. The molecule has 0 spiro atoms. The Hall–Kier alpha value is -0.160. The van der Waals surface area contributed by atoms with Gasteiger partial charge in [0.1, 0.15) is 0 Å². The second-order valence-electron chi connectivity index (χ2n) is 2.29. The zero-order valence-corrected chi connectivity index (χ0v) is 7.33. The Morgan fingerprint density at radius 1 is 1.36 bits per heavy atom. The van der Waals surface area contributed by atoms with Gasteiger partial charge in [-0.25, -0.2) is 0 Å². The van der Waals surface area contributed by atoms with Crippen molar-refractivity contribution in [1.82, 2.24) is 0 Å². The van der Waals surface area contributed by atoms with E-state index in [-0.39, 0.29) is 0 Å². The Morgan fingerprint density at radius 3 is 1.91 bits per heavy atom. The van der Waals surface area contributed by atoms with Crippen LogP contribution in [0.4, 0.5) is 0 Å². The SMILES string of the molecule is CCOC(O)(OCC)[C@@H](C)N. The van der Waals surface area contributed by atoms with E-state index in [0.29, 0.717) is 13.2 Å². The zero-order chi connectivity index (χ0) is 8.91. The summed E-state index contributed by atoms with van der Waals surface area (Å²) in [5.74, 6) is -1.62. The van der Waals surface area contributed by atoms with E-state index in [0.717, 1.165) is 0 Å². The van der Waals surface area contributed by atoms with Gasteiger partial charge in [0.15, 0.2) is 0 Å². The molecule has 0 unspecified atom stereocenters. The maximum atomic E-state index is 9.52. The van der Waals surface area contributed by atoms with Gasteiger partial charge in [-0.3, -0.25) is 0 Å². The molecule has 0 rings (SSSR count). The first-order valence-corrected chi connectivity index (χ1v) is 3.82. The molecule has 0 radical (unpaired) electrons. The summed E-state index contributed by atoms with van der Waals surface area (Å²) in [6.07, 6.45) is 0. The fraction of sp³-hybridized carbons (Fsp3) is 1.00. The summed E-state index contributed by atoms with van der Waals surface area (Å²) < 4.78 is 9.88. The van der Waals surface area contributed by atoms with Crippen LogP contribution in [0.3, 0.4) is 0 Å².